The minimum absolute atomic E-state index is 0. The van der Waals surface area contributed by atoms with Gasteiger partial charge in [0.2, 0.25) is 0 Å². The van der Waals surface area contributed by atoms with Crippen LogP contribution >= 0.6 is 0 Å². The Labute approximate surface area is 31.0 Å². The fourth-order valence-electron chi connectivity index (χ4n) is 0. The van der Waals surface area contributed by atoms with Gasteiger partial charge in [0.15, 0.2) is 0 Å². The van der Waals surface area contributed by atoms with E-state index >= 15 is 0 Å². The van der Waals surface area contributed by atoms with Gasteiger partial charge in [-0.05, 0) is 0 Å². The predicted molar refractivity (Wildman–Crippen MR) is 17.0 cm³/mol. The molecule has 0 N–H and O–H groups in total. The van der Waals surface area contributed by atoms with Crippen LogP contribution < -0.4 is 5.59 Å². The quantitative estimate of drug-likeness (QED) is 0.329. The molecule has 0 bridgehead atoms. The van der Waals surface area contributed by atoms with Crippen molar-refractivity contribution in [2.75, 3.05) is 0 Å². The fraction of sp³-hybridized carbons (Fsp3) is 0. The summed E-state index contributed by atoms with van der Waals surface area (Å²) < 4.78 is 0. The second-order valence-corrected chi connectivity index (χ2v) is 0. The van der Waals surface area contributed by atoms with E-state index in [0.29, 0.717) is 0 Å². The number of rotatable bonds is 0. The summed E-state index contributed by atoms with van der Waals surface area (Å²) in [5.41, 5.74) is 5.75. The van der Waals surface area contributed by atoms with Crippen LogP contribution in [-0.4, -0.2) is 19.4 Å². The molecule has 0 aliphatic carbocycles. The highest BCUT2D eigenvalue weighted by Crippen LogP contribution is 0.529. The first-order chi connectivity index (χ1) is 1.00. The summed E-state index contributed by atoms with van der Waals surface area (Å²) >= 11 is 0. The lowest BCUT2D eigenvalue weighted by atomic mass is 10.8. The van der Waals surface area contributed by atoms with Gasteiger partial charge in [-0.25, -0.2) is 0 Å². The van der Waals surface area contributed by atoms with Crippen LogP contribution in [0.2, 0.25) is 0 Å². The SMILES string of the molecule is [B].[N]=O.[Si]. The van der Waals surface area contributed by atoms with Gasteiger partial charge in [0, 0.05) is 19.4 Å². The molecule has 2 nitrogen and oxygen atoms in total. The van der Waals surface area contributed by atoms with Gasteiger partial charge in [0.1, 0.15) is 5.59 Å². The second-order valence-electron chi connectivity index (χ2n) is 0. The van der Waals surface area contributed by atoms with Crippen molar-refractivity contribution >= 4 is 19.4 Å². The van der Waals surface area contributed by atoms with Crippen LogP contribution in [0.4, 0.5) is 0 Å². The summed E-state index contributed by atoms with van der Waals surface area (Å²) in [5, 5.41) is 0. The Morgan fingerprint density at radius 3 is 1.25 bits per heavy atom. The molecule has 18 valence electrons. The van der Waals surface area contributed by atoms with Gasteiger partial charge in [-0.1, -0.05) is 0 Å². The molecule has 4 heavy (non-hydrogen) atoms. The van der Waals surface area contributed by atoms with Crippen LogP contribution in [-0.2, 0) is 0 Å². The Morgan fingerprint density at radius 1 is 1.25 bits per heavy atom. The van der Waals surface area contributed by atoms with Gasteiger partial charge >= 0.3 is 0 Å². The van der Waals surface area contributed by atoms with Gasteiger partial charge in [-0.2, -0.15) is 0 Å². The molecular weight excluding hydrogens is 68.9 g/mol. The molecule has 0 spiro atoms. The molecule has 4 heteroatoms. The molecule has 8 radical (unpaired) electrons. The number of hydrogen-bond acceptors (Lipinski definition) is 1. The molecule has 0 unspecified atom stereocenters. The summed E-state index contributed by atoms with van der Waals surface area (Å²) in [6.45, 7) is 0. The third-order valence-electron chi connectivity index (χ3n) is 0. The van der Waals surface area contributed by atoms with Gasteiger partial charge in [0.25, 0.3) is 0 Å². The van der Waals surface area contributed by atoms with Crippen LogP contribution in [0, 0.1) is 4.91 Å². The molecule has 0 aliphatic rings. The van der Waals surface area contributed by atoms with E-state index in [1.165, 1.54) is 0 Å². The molecule has 0 heterocycles. The van der Waals surface area contributed by atoms with Crippen molar-refractivity contribution in [3.8, 4) is 0 Å². The average molecular weight is 68.9 g/mol. The van der Waals surface area contributed by atoms with E-state index < -0.39 is 0 Å². The van der Waals surface area contributed by atoms with Crippen molar-refractivity contribution in [2.24, 2.45) is 0 Å². The molecule has 0 aromatic heterocycles. The first-order valence-corrected chi connectivity index (χ1v) is 0.183. The van der Waals surface area contributed by atoms with Crippen molar-refractivity contribution in [1.82, 2.24) is 5.59 Å². The third kappa shape index (κ3) is 105. The summed E-state index contributed by atoms with van der Waals surface area (Å²) in [4.78, 5) is 7.25. The smallest absolute Gasteiger partial charge is 0.120 e. The van der Waals surface area contributed by atoms with E-state index in [1.807, 2.05) is 0 Å². The van der Waals surface area contributed by atoms with Crippen LogP contribution in [0.25, 0.3) is 0 Å². The van der Waals surface area contributed by atoms with E-state index in [9.17, 15) is 0 Å². The Hall–Kier alpha value is -0.118. The fourth-order valence-corrected chi connectivity index (χ4v) is 0. The van der Waals surface area contributed by atoms with Crippen molar-refractivity contribution in [1.29, 1.82) is 0 Å². The summed E-state index contributed by atoms with van der Waals surface area (Å²) in [6.07, 6.45) is 0. The third-order valence-corrected chi connectivity index (χ3v) is 0. The molecule has 0 amide bonds. The van der Waals surface area contributed by atoms with E-state index in [4.69, 9.17) is 10.5 Å². The number of nitroso groups, excluding NO2 is 1. The number of hydrogen-bond donors (Lipinski definition) is 0. The molecular formula is BNOSi. The highest BCUT2D eigenvalue weighted by atomic mass is 28.1. The highest BCUT2D eigenvalue weighted by molar-refractivity contribution is 5.76. The van der Waals surface area contributed by atoms with E-state index in [-0.39, 0.29) is 19.4 Å². The summed E-state index contributed by atoms with van der Waals surface area (Å²) in [7, 11) is 0. The Balaban J connectivity index is -0.00000000500. The first-order valence-electron chi connectivity index (χ1n) is 0.183. The summed E-state index contributed by atoms with van der Waals surface area (Å²) in [6, 6.07) is 0. The minimum atomic E-state index is 0. The maximum atomic E-state index is 7.25. The zero-order chi connectivity index (χ0) is 2.00. The zero-order valence-corrected chi connectivity index (χ0v) is 2.93. The molecule has 0 aliphatic heterocycles. The van der Waals surface area contributed by atoms with Crippen LogP contribution in [0.15, 0.2) is 0 Å². The molecule has 0 aromatic carbocycles. The maximum Gasteiger partial charge on any atom is 0.120 e. The topological polar surface area (TPSA) is 39.4 Å². The molecule has 0 rings (SSSR count). The first kappa shape index (κ1) is 41.5. The molecule has 0 aromatic rings. The van der Waals surface area contributed by atoms with Crippen LogP contribution in [0.5, 0.6) is 0 Å². The molecule has 0 saturated heterocycles. The Morgan fingerprint density at radius 2 is 1.25 bits per heavy atom. The van der Waals surface area contributed by atoms with Crippen LogP contribution in [0.1, 0.15) is 0 Å². The van der Waals surface area contributed by atoms with Gasteiger partial charge < -0.3 is 0 Å². The maximum absolute atomic E-state index is 7.25. The predicted octanol–water partition coefficient (Wildman–Crippen LogP) is -1.21. The summed E-state index contributed by atoms with van der Waals surface area (Å²) in [5.74, 6) is 0. The number of nitrogens with zero attached hydrogens (tertiary/aromatic N) is 1. The van der Waals surface area contributed by atoms with Crippen molar-refractivity contribution in [3.05, 3.63) is 4.91 Å². The van der Waals surface area contributed by atoms with Crippen molar-refractivity contribution < 1.29 is 0 Å². The Bertz CT molecular complexity index is 8.00. The largest absolute Gasteiger partial charge is 0.120 e. The van der Waals surface area contributed by atoms with Gasteiger partial charge in [-0.3, -0.25) is 0 Å². The molecule has 0 atom stereocenters. The molecule has 0 fully saturated rings. The minimum Gasteiger partial charge on any atom is -0.120 e. The molecule has 0 saturated carbocycles. The van der Waals surface area contributed by atoms with Crippen molar-refractivity contribution in [3.63, 3.8) is 0 Å². The second kappa shape index (κ2) is 731. The normalized spacial score (nSPS) is 1.00. The standard InChI is InChI=1S/B.NO.Si/c;1-2;. The van der Waals surface area contributed by atoms with Crippen molar-refractivity contribution in [2.45, 2.75) is 0 Å². The lowest BCUT2D eigenvalue weighted by molar-refractivity contribution is 1.81. The van der Waals surface area contributed by atoms with Crippen LogP contribution in [0.3, 0.4) is 0 Å². The Kier molecular flexibility index (Phi) is 7570. The van der Waals surface area contributed by atoms with E-state index in [2.05, 4.69) is 0 Å². The average Bonchev–Trinajstić information content (AvgIpc) is 1.00. The van der Waals surface area contributed by atoms with Gasteiger partial charge in [-0.15, -0.1) is 4.91 Å². The van der Waals surface area contributed by atoms with E-state index in [1.54, 1.807) is 0 Å². The lowest BCUT2D eigenvalue weighted by Gasteiger charge is -0.717. The lowest BCUT2D eigenvalue weighted by Crippen LogP contribution is -0.976. The van der Waals surface area contributed by atoms with Gasteiger partial charge in [0.05, 0.1) is 0 Å². The zero-order valence-electron chi connectivity index (χ0n) is 1.93. The highest BCUT2D eigenvalue weighted by Gasteiger charge is 0.717. The monoisotopic (exact) mass is 69.0 g/mol. The van der Waals surface area contributed by atoms with E-state index in [0.717, 1.165) is 0 Å².